The highest BCUT2D eigenvalue weighted by molar-refractivity contribution is 5.90. The zero-order chi connectivity index (χ0) is 35.5. The lowest BCUT2D eigenvalue weighted by Gasteiger charge is -2.36. The van der Waals surface area contributed by atoms with Gasteiger partial charge in [0.15, 0.2) is 17.5 Å². The fourth-order valence-corrected chi connectivity index (χ4v) is 7.26. The van der Waals surface area contributed by atoms with Crippen molar-refractivity contribution in [2.45, 2.75) is 37.4 Å². The van der Waals surface area contributed by atoms with Crippen molar-refractivity contribution in [2.75, 3.05) is 0 Å². The van der Waals surface area contributed by atoms with Crippen molar-refractivity contribution in [1.29, 1.82) is 0 Å². The van der Waals surface area contributed by atoms with Crippen molar-refractivity contribution in [1.82, 2.24) is 15.0 Å². The summed E-state index contributed by atoms with van der Waals surface area (Å²) in [6.07, 6.45) is -2.51. The average molecular weight is 622 g/mol. The third kappa shape index (κ3) is 4.86. The van der Waals surface area contributed by atoms with Crippen LogP contribution in [0, 0.1) is 0 Å². The van der Waals surface area contributed by atoms with Gasteiger partial charge in [-0.3, -0.25) is 0 Å². The van der Waals surface area contributed by atoms with Crippen LogP contribution in [0.4, 0.5) is 0 Å². The highest BCUT2D eigenvalue weighted by Crippen LogP contribution is 2.56. The SMILES string of the molecule is [2H]C1([2H])CCCC([2H])([2H])C12c1ccccc1-c1ccc(-c3cc(-c4nc(-c5ccccc5)nc(-c5ccccc5)n4)ccc3-c3ccccc3)cc12. The summed E-state index contributed by atoms with van der Waals surface area (Å²) in [5.74, 6) is 1.70. The Balaban J connectivity index is 1.28. The molecule has 48 heavy (non-hydrogen) atoms. The molecule has 2 aliphatic rings. The van der Waals surface area contributed by atoms with Gasteiger partial charge in [-0.2, -0.15) is 0 Å². The van der Waals surface area contributed by atoms with E-state index < -0.39 is 18.2 Å². The molecule has 230 valence electrons. The van der Waals surface area contributed by atoms with Crippen LogP contribution in [0.25, 0.3) is 67.5 Å². The molecule has 0 saturated heterocycles. The Kier molecular flexibility index (Phi) is 6.05. The molecule has 0 radical (unpaired) electrons. The minimum Gasteiger partial charge on any atom is -0.208 e. The van der Waals surface area contributed by atoms with Crippen LogP contribution in [-0.2, 0) is 5.41 Å². The molecule has 0 aliphatic heterocycles. The third-order valence-electron chi connectivity index (χ3n) is 9.55. The Labute approximate surface area is 287 Å². The summed E-state index contributed by atoms with van der Waals surface area (Å²) in [6.45, 7) is 0. The van der Waals surface area contributed by atoms with E-state index in [2.05, 4.69) is 42.5 Å². The van der Waals surface area contributed by atoms with Crippen molar-refractivity contribution in [2.24, 2.45) is 0 Å². The van der Waals surface area contributed by atoms with Gasteiger partial charge in [-0.1, -0.05) is 159 Å². The predicted octanol–water partition coefficient (Wildman–Crippen LogP) is 11.4. The summed E-state index contributed by atoms with van der Waals surface area (Å²) in [6, 6.07) is 50.4. The van der Waals surface area contributed by atoms with Gasteiger partial charge in [0.05, 0.1) is 0 Å². The van der Waals surface area contributed by atoms with Crippen LogP contribution >= 0.6 is 0 Å². The largest absolute Gasteiger partial charge is 0.208 e. The second-order valence-electron chi connectivity index (χ2n) is 12.4. The smallest absolute Gasteiger partial charge is 0.164 e. The fourth-order valence-electron chi connectivity index (χ4n) is 7.26. The van der Waals surface area contributed by atoms with Crippen LogP contribution in [0.3, 0.4) is 0 Å². The van der Waals surface area contributed by atoms with E-state index in [1.807, 2.05) is 109 Å². The van der Waals surface area contributed by atoms with Gasteiger partial charge in [-0.25, -0.2) is 15.0 Å². The standard InChI is InChI=1S/C45H35N3/c1-5-15-31(16-6-1)36-25-24-35(44-47-42(32-17-7-2-8-18-32)46-43(48-44)33-19-9-3-10-20-33)29-39(36)34-23-26-38-37-21-11-12-22-40(37)45(41(38)30-34)27-13-4-14-28-45/h1-3,5-12,15-26,29-30H,4,13-14,27-28H2/i27D2,28D2. The van der Waals surface area contributed by atoms with Gasteiger partial charge in [0.1, 0.15) is 0 Å². The van der Waals surface area contributed by atoms with Crippen LogP contribution in [0.1, 0.15) is 48.6 Å². The molecule has 0 amide bonds. The van der Waals surface area contributed by atoms with E-state index in [9.17, 15) is 5.48 Å². The minimum atomic E-state index is -1.80. The van der Waals surface area contributed by atoms with E-state index in [4.69, 9.17) is 15.0 Å². The maximum Gasteiger partial charge on any atom is 0.164 e. The molecule has 9 rings (SSSR count). The van der Waals surface area contributed by atoms with Crippen LogP contribution in [0.2, 0.25) is 0 Å². The molecule has 2 aliphatic carbocycles. The van der Waals surface area contributed by atoms with Crippen LogP contribution in [0.15, 0.2) is 152 Å². The molecule has 6 aromatic carbocycles. The third-order valence-corrected chi connectivity index (χ3v) is 9.55. The molecule has 1 aromatic heterocycles. The van der Waals surface area contributed by atoms with Crippen LogP contribution in [0.5, 0.6) is 0 Å². The maximum absolute atomic E-state index is 9.47. The number of nitrogens with zero attached hydrogens (tertiary/aromatic N) is 3. The highest BCUT2D eigenvalue weighted by Gasteiger charge is 2.43. The zero-order valence-corrected chi connectivity index (χ0v) is 26.4. The number of hydrogen-bond donors (Lipinski definition) is 0. The van der Waals surface area contributed by atoms with Crippen molar-refractivity contribution < 1.29 is 5.48 Å². The minimum absolute atomic E-state index is 0.294. The lowest BCUT2D eigenvalue weighted by molar-refractivity contribution is 0.353. The van der Waals surface area contributed by atoms with Crippen LogP contribution in [-0.4, -0.2) is 15.0 Å². The molecule has 0 N–H and O–H groups in total. The normalized spacial score (nSPS) is 17.8. The quantitative estimate of drug-likeness (QED) is 0.192. The molecular weight excluding hydrogens is 583 g/mol. The molecule has 0 bridgehead atoms. The summed E-state index contributed by atoms with van der Waals surface area (Å²) >= 11 is 0. The van der Waals surface area contributed by atoms with Gasteiger partial charge >= 0.3 is 0 Å². The van der Waals surface area contributed by atoms with E-state index in [0.717, 1.165) is 55.6 Å². The van der Waals surface area contributed by atoms with E-state index in [0.29, 0.717) is 42.3 Å². The second-order valence-corrected chi connectivity index (χ2v) is 12.4. The Morgan fingerprint density at radius 1 is 0.375 bits per heavy atom. The van der Waals surface area contributed by atoms with E-state index in [1.54, 1.807) is 0 Å². The number of hydrogen-bond acceptors (Lipinski definition) is 3. The van der Waals surface area contributed by atoms with Gasteiger partial charge in [-0.15, -0.1) is 0 Å². The highest BCUT2D eigenvalue weighted by atomic mass is 15.0. The Morgan fingerprint density at radius 2 is 0.875 bits per heavy atom. The number of aromatic nitrogens is 3. The summed E-state index contributed by atoms with van der Waals surface area (Å²) in [5.41, 5.74) is 8.24. The van der Waals surface area contributed by atoms with Gasteiger partial charge in [0.2, 0.25) is 0 Å². The molecule has 1 fully saturated rings. The van der Waals surface area contributed by atoms with Gasteiger partial charge in [0.25, 0.3) is 0 Å². The van der Waals surface area contributed by atoms with Crippen molar-refractivity contribution in [3.63, 3.8) is 0 Å². The molecule has 0 unspecified atom stereocenters. The first-order valence-electron chi connectivity index (χ1n) is 18.6. The second kappa shape index (κ2) is 11.8. The first-order chi connectivity index (χ1) is 25.3. The Bertz CT molecular complexity index is 2370. The number of fused-ring (bicyclic) bond motifs is 5. The lowest BCUT2D eigenvalue weighted by Crippen LogP contribution is -2.28. The number of benzene rings is 6. The Hall–Kier alpha value is -5.67. The maximum atomic E-state index is 9.47. The summed E-state index contributed by atoms with van der Waals surface area (Å²) in [4.78, 5) is 14.9. The fraction of sp³-hybridized carbons (Fsp3) is 0.133. The van der Waals surface area contributed by atoms with Gasteiger partial charge in [-0.05, 0) is 69.4 Å². The predicted molar refractivity (Wildman–Crippen MR) is 196 cm³/mol. The van der Waals surface area contributed by atoms with E-state index >= 15 is 0 Å². The Morgan fingerprint density at radius 3 is 1.52 bits per heavy atom. The monoisotopic (exact) mass is 621 g/mol. The topological polar surface area (TPSA) is 38.7 Å². The average Bonchev–Trinajstić information content (AvgIpc) is 3.49. The molecule has 3 nitrogen and oxygen atoms in total. The molecular formula is C45H35N3. The lowest BCUT2D eigenvalue weighted by atomic mass is 9.67. The first-order valence-corrected chi connectivity index (χ1v) is 16.6. The molecule has 3 heteroatoms. The van der Waals surface area contributed by atoms with Crippen molar-refractivity contribution in [3.8, 4) is 67.5 Å². The first kappa shape index (κ1) is 24.5. The number of rotatable bonds is 5. The van der Waals surface area contributed by atoms with E-state index in [-0.39, 0.29) is 0 Å². The summed E-state index contributed by atoms with van der Waals surface area (Å²) in [5, 5.41) is 0. The molecule has 7 aromatic rings. The van der Waals surface area contributed by atoms with Crippen LogP contribution < -0.4 is 0 Å². The van der Waals surface area contributed by atoms with Gasteiger partial charge < -0.3 is 0 Å². The van der Waals surface area contributed by atoms with Crippen molar-refractivity contribution >= 4 is 0 Å². The zero-order valence-electron chi connectivity index (χ0n) is 30.4. The molecule has 1 spiro atoms. The molecule has 0 atom stereocenters. The van der Waals surface area contributed by atoms with Crippen molar-refractivity contribution in [3.05, 3.63) is 163 Å². The van der Waals surface area contributed by atoms with E-state index in [1.165, 1.54) is 0 Å². The molecule has 1 heterocycles. The summed E-state index contributed by atoms with van der Waals surface area (Å²) in [7, 11) is 0. The molecule has 1 saturated carbocycles. The summed E-state index contributed by atoms with van der Waals surface area (Å²) < 4.78 is 37.9. The van der Waals surface area contributed by atoms with Gasteiger partial charge in [0, 0.05) is 27.6 Å².